The van der Waals surface area contributed by atoms with Gasteiger partial charge >= 0.3 is 0 Å². The van der Waals surface area contributed by atoms with Crippen LogP contribution in [-0.4, -0.2) is 37.0 Å². The number of halogens is 1. The molecule has 1 fully saturated rings. The van der Waals surface area contributed by atoms with Crippen molar-refractivity contribution in [3.05, 3.63) is 42.2 Å². The highest BCUT2D eigenvalue weighted by atomic mass is 19.1. The number of carbonyl (C=O) groups is 1. The van der Waals surface area contributed by atoms with Crippen molar-refractivity contribution >= 4 is 11.6 Å². The number of nitrogens with zero attached hydrogens (tertiary/aromatic N) is 2. The van der Waals surface area contributed by atoms with E-state index in [9.17, 15) is 9.18 Å². The van der Waals surface area contributed by atoms with Crippen molar-refractivity contribution in [3.63, 3.8) is 0 Å². The monoisotopic (exact) mass is 248 g/mol. The van der Waals surface area contributed by atoms with Gasteiger partial charge in [0.2, 0.25) is 5.91 Å². The number of hydrogen-bond acceptors (Lipinski definition) is 2. The Morgan fingerprint density at radius 2 is 1.89 bits per heavy atom. The molecule has 2 rings (SSSR count). The maximum atomic E-state index is 13.6. The van der Waals surface area contributed by atoms with Gasteiger partial charge in [-0.1, -0.05) is 18.2 Å². The molecule has 1 heterocycles. The molecule has 1 aromatic rings. The Hall–Kier alpha value is -1.84. The quantitative estimate of drug-likeness (QED) is 0.748. The van der Waals surface area contributed by atoms with Crippen LogP contribution < -0.4 is 4.90 Å². The van der Waals surface area contributed by atoms with E-state index in [0.717, 1.165) is 0 Å². The normalized spacial score (nSPS) is 16.3. The van der Waals surface area contributed by atoms with Crippen molar-refractivity contribution in [1.29, 1.82) is 0 Å². The number of amides is 1. The lowest BCUT2D eigenvalue weighted by Crippen LogP contribution is -2.48. The van der Waals surface area contributed by atoms with E-state index in [1.54, 1.807) is 29.2 Å². The van der Waals surface area contributed by atoms with Crippen LogP contribution in [0.25, 0.3) is 0 Å². The zero-order chi connectivity index (χ0) is 13.0. The Morgan fingerprint density at radius 3 is 2.50 bits per heavy atom. The van der Waals surface area contributed by atoms with Crippen LogP contribution in [-0.2, 0) is 4.79 Å². The Bertz CT molecular complexity index is 451. The fourth-order valence-corrected chi connectivity index (χ4v) is 2.12. The first-order chi connectivity index (χ1) is 8.72. The van der Waals surface area contributed by atoms with E-state index in [0.29, 0.717) is 31.9 Å². The summed E-state index contributed by atoms with van der Waals surface area (Å²) in [4.78, 5) is 15.4. The Balaban J connectivity index is 1.99. The second-order valence-electron chi connectivity index (χ2n) is 4.26. The van der Waals surface area contributed by atoms with Crippen LogP contribution in [0.2, 0.25) is 0 Å². The first-order valence-corrected chi connectivity index (χ1v) is 6.13. The zero-order valence-corrected chi connectivity index (χ0v) is 10.5. The Kier molecular flexibility index (Phi) is 3.97. The van der Waals surface area contributed by atoms with Gasteiger partial charge in [-0.05, 0) is 25.1 Å². The standard InChI is InChI=1S/C14H17FN2O/c1-2-5-14(18)17-10-8-16(9-11-17)13-7-4-3-6-12(13)15/h2-7H,8-11H2,1H3/b5-2-. The first-order valence-electron chi connectivity index (χ1n) is 6.13. The molecule has 3 nitrogen and oxygen atoms in total. The highest BCUT2D eigenvalue weighted by Crippen LogP contribution is 2.20. The van der Waals surface area contributed by atoms with Crippen molar-refractivity contribution in [3.8, 4) is 0 Å². The fourth-order valence-electron chi connectivity index (χ4n) is 2.12. The van der Waals surface area contributed by atoms with Crippen LogP contribution in [0.4, 0.5) is 10.1 Å². The number of hydrogen-bond donors (Lipinski definition) is 0. The SMILES string of the molecule is C/C=C\C(=O)N1CCN(c2ccccc2F)CC1. The Labute approximate surface area is 107 Å². The molecule has 1 aromatic carbocycles. The summed E-state index contributed by atoms with van der Waals surface area (Å²) in [6, 6.07) is 6.76. The number of rotatable bonds is 2. The molecule has 96 valence electrons. The lowest BCUT2D eigenvalue weighted by atomic mass is 10.2. The number of carbonyl (C=O) groups excluding carboxylic acids is 1. The predicted octanol–water partition coefficient (Wildman–Crippen LogP) is 2.05. The number of allylic oxidation sites excluding steroid dienone is 1. The summed E-state index contributed by atoms with van der Waals surface area (Å²) in [5, 5.41) is 0. The second-order valence-corrected chi connectivity index (χ2v) is 4.26. The van der Waals surface area contributed by atoms with Gasteiger partial charge in [-0.15, -0.1) is 0 Å². The summed E-state index contributed by atoms with van der Waals surface area (Å²) in [5.41, 5.74) is 0.621. The molecule has 0 spiro atoms. The molecular weight excluding hydrogens is 231 g/mol. The maximum absolute atomic E-state index is 13.6. The van der Waals surface area contributed by atoms with E-state index in [2.05, 4.69) is 0 Å². The molecule has 1 saturated heterocycles. The van der Waals surface area contributed by atoms with E-state index >= 15 is 0 Å². The average molecular weight is 248 g/mol. The van der Waals surface area contributed by atoms with Gasteiger partial charge in [0, 0.05) is 26.2 Å². The van der Waals surface area contributed by atoms with E-state index in [1.807, 2.05) is 17.9 Å². The smallest absolute Gasteiger partial charge is 0.246 e. The third kappa shape index (κ3) is 2.70. The van der Waals surface area contributed by atoms with Gasteiger partial charge in [-0.25, -0.2) is 4.39 Å². The second kappa shape index (κ2) is 5.67. The van der Waals surface area contributed by atoms with Crippen LogP contribution in [0.5, 0.6) is 0 Å². The first kappa shape index (κ1) is 12.6. The van der Waals surface area contributed by atoms with Crippen LogP contribution >= 0.6 is 0 Å². The van der Waals surface area contributed by atoms with Crippen LogP contribution in [0.1, 0.15) is 6.92 Å². The summed E-state index contributed by atoms with van der Waals surface area (Å²) in [6.07, 6.45) is 3.31. The Morgan fingerprint density at radius 1 is 1.22 bits per heavy atom. The molecule has 0 unspecified atom stereocenters. The van der Waals surface area contributed by atoms with Gasteiger partial charge < -0.3 is 9.80 Å². The van der Waals surface area contributed by atoms with E-state index in [1.165, 1.54) is 6.07 Å². The number of para-hydroxylation sites is 1. The highest BCUT2D eigenvalue weighted by molar-refractivity contribution is 5.87. The lowest BCUT2D eigenvalue weighted by molar-refractivity contribution is -0.126. The highest BCUT2D eigenvalue weighted by Gasteiger charge is 2.21. The molecule has 0 aromatic heterocycles. The number of anilines is 1. The van der Waals surface area contributed by atoms with Gasteiger partial charge in [-0.3, -0.25) is 4.79 Å². The largest absolute Gasteiger partial charge is 0.366 e. The van der Waals surface area contributed by atoms with Gasteiger partial charge in [0.15, 0.2) is 0 Å². The molecule has 1 aliphatic rings. The van der Waals surface area contributed by atoms with Gasteiger partial charge in [0.05, 0.1) is 5.69 Å². The molecule has 0 saturated carbocycles. The third-order valence-electron chi connectivity index (χ3n) is 3.09. The predicted molar refractivity (Wildman–Crippen MR) is 70.0 cm³/mol. The summed E-state index contributed by atoms with van der Waals surface area (Å²) in [6.45, 7) is 4.44. The van der Waals surface area contributed by atoms with Crippen molar-refractivity contribution in [1.82, 2.24) is 4.90 Å². The fraction of sp³-hybridized carbons (Fsp3) is 0.357. The van der Waals surface area contributed by atoms with Crippen LogP contribution in [0, 0.1) is 5.82 Å². The average Bonchev–Trinajstić information content (AvgIpc) is 2.40. The minimum Gasteiger partial charge on any atom is -0.366 e. The molecule has 0 atom stereocenters. The van der Waals surface area contributed by atoms with Crippen LogP contribution in [0.15, 0.2) is 36.4 Å². The van der Waals surface area contributed by atoms with Crippen LogP contribution in [0.3, 0.4) is 0 Å². The molecule has 0 radical (unpaired) electrons. The zero-order valence-electron chi connectivity index (χ0n) is 10.5. The molecule has 0 N–H and O–H groups in total. The molecule has 4 heteroatoms. The van der Waals surface area contributed by atoms with Crippen molar-refractivity contribution in [2.45, 2.75) is 6.92 Å². The van der Waals surface area contributed by atoms with E-state index < -0.39 is 0 Å². The molecule has 0 aliphatic carbocycles. The lowest BCUT2D eigenvalue weighted by Gasteiger charge is -2.35. The van der Waals surface area contributed by atoms with Gasteiger partial charge in [0.1, 0.15) is 5.82 Å². The summed E-state index contributed by atoms with van der Waals surface area (Å²) in [5.74, 6) is -0.170. The van der Waals surface area contributed by atoms with Gasteiger partial charge in [0.25, 0.3) is 0 Å². The molecule has 1 aliphatic heterocycles. The summed E-state index contributed by atoms with van der Waals surface area (Å²) >= 11 is 0. The third-order valence-corrected chi connectivity index (χ3v) is 3.09. The van der Waals surface area contributed by atoms with Crippen molar-refractivity contribution in [2.24, 2.45) is 0 Å². The minimum absolute atomic E-state index is 0.0330. The molecule has 1 amide bonds. The van der Waals surface area contributed by atoms with E-state index in [4.69, 9.17) is 0 Å². The van der Waals surface area contributed by atoms with E-state index in [-0.39, 0.29) is 11.7 Å². The number of piperazine rings is 1. The summed E-state index contributed by atoms with van der Waals surface area (Å²) < 4.78 is 13.6. The number of benzene rings is 1. The molecule has 18 heavy (non-hydrogen) atoms. The summed E-state index contributed by atoms with van der Waals surface area (Å²) in [7, 11) is 0. The van der Waals surface area contributed by atoms with Gasteiger partial charge in [-0.2, -0.15) is 0 Å². The maximum Gasteiger partial charge on any atom is 0.246 e. The minimum atomic E-state index is -0.203. The topological polar surface area (TPSA) is 23.6 Å². The molecule has 0 bridgehead atoms. The van der Waals surface area contributed by atoms with Crippen molar-refractivity contribution in [2.75, 3.05) is 31.1 Å². The van der Waals surface area contributed by atoms with Crippen molar-refractivity contribution < 1.29 is 9.18 Å². The molecular formula is C14H17FN2O.